The van der Waals surface area contributed by atoms with Gasteiger partial charge in [0.15, 0.2) is 0 Å². The van der Waals surface area contributed by atoms with E-state index in [9.17, 15) is 13.9 Å². The molecule has 1 heterocycles. The number of benzene rings is 2. The van der Waals surface area contributed by atoms with Gasteiger partial charge in [0, 0.05) is 25.2 Å². The molecule has 2 aromatic carbocycles. The average molecular weight is 346 g/mol. The minimum Gasteiger partial charge on any atom is -0.392 e. The Balaban J connectivity index is 2.05. The van der Waals surface area contributed by atoms with Gasteiger partial charge in [-0.05, 0) is 49.2 Å². The SMILES string of the molecule is CC(O)[C@@H]1CN[C@@H](C)CN1C(c1ccc(F)cc1)c1ccc(F)cc1. The molecule has 0 saturated carbocycles. The first-order valence-electron chi connectivity index (χ1n) is 8.64. The molecule has 1 fully saturated rings. The van der Waals surface area contributed by atoms with Crippen LogP contribution in [0.15, 0.2) is 48.5 Å². The molecular formula is C20H24F2N2O. The fourth-order valence-electron chi connectivity index (χ4n) is 3.57. The Morgan fingerprint density at radius 3 is 1.92 bits per heavy atom. The van der Waals surface area contributed by atoms with E-state index >= 15 is 0 Å². The highest BCUT2D eigenvalue weighted by molar-refractivity contribution is 5.33. The van der Waals surface area contributed by atoms with Crippen LogP contribution in [0.4, 0.5) is 8.78 Å². The number of piperazine rings is 1. The average Bonchev–Trinajstić information content (AvgIpc) is 2.58. The van der Waals surface area contributed by atoms with Crippen molar-refractivity contribution in [3.63, 3.8) is 0 Å². The Bertz CT molecular complexity index is 642. The molecular weight excluding hydrogens is 322 g/mol. The quantitative estimate of drug-likeness (QED) is 0.893. The summed E-state index contributed by atoms with van der Waals surface area (Å²) in [5, 5.41) is 13.7. The Morgan fingerprint density at radius 2 is 1.48 bits per heavy atom. The zero-order valence-corrected chi connectivity index (χ0v) is 14.5. The minimum atomic E-state index is -0.525. The van der Waals surface area contributed by atoms with E-state index in [1.54, 1.807) is 31.2 Å². The van der Waals surface area contributed by atoms with Crippen molar-refractivity contribution in [2.24, 2.45) is 0 Å². The van der Waals surface area contributed by atoms with Crippen LogP contribution in [-0.2, 0) is 0 Å². The fraction of sp³-hybridized carbons (Fsp3) is 0.400. The van der Waals surface area contributed by atoms with Gasteiger partial charge < -0.3 is 10.4 Å². The van der Waals surface area contributed by atoms with Crippen molar-refractivity contribution in [1.29, 1.82) is 0 Å². The van der Waals surface area contributed by atoms with Gasteiger partial charge in [0.2, 0.25) is 0 Å². The van der Waals surface area contributed by atoms with Crippen molar-refractivity contribution in [3.05, 3.63) is 71.3 Å². The zero-order chi connectivity index (χ0) is 18.0. The summed E-state index contributed by atoms with van der Waals surface area (Å²) < 4.78 is 26.8. The first-order valence-corrected chi connectivity index (χ1v) is 8.64. The topological polar surface area (TPSA) is 35.5 Å². The summed E-state index contributed by atoms with van der Waals surface area (Å²) in [6, 6.07) is 12.8. The van der Waals surface area contributed by atoms with E-state index in [2.05, 4.69) is 17.1 Å². The van der Waals surface area contributed by atoms with Gasteiger partial charge >= 0.3 is 0 Å². The lowest BCUT2D eigenvalue weighted by Gasteiger charge is -2.45. The zero-order valence-electron chi connectivity index (χ0n) is 14.5. The van der Waals surface area contributed by atoms with E-state index in [0.29, 0.717) is 6.54 Å². The van der Waals surface area contributed by atoms with Gasteiger partial charge in [-0.2, -0.15) is 0 Å². The number of hydrogen-bond donors (Lipinski definition) is 2. The van der Waals surface area contributed by atoms with E-state index in [4.69, 9.17) is 0 Å². The molecule has 1 unspecified atom stereocenters. The summed E-state index contributed by atoms with van der Waals surface area (Å²) in [6.07, 6.45) is -0.525. The molecule has 3 nitrogen and oxygen atoms in total. The molecule has 25 heavy (non-hydrogen) atoms. The van der Waals surface area contributed by atoms with Gasteiger partial charge in [-0.25, -0.2) is 8.78 Å². The van der Waals surface area contributed by atoms with Gasteiger partial charge in [-0.3, -0.25) is 4.90 Å². The fourth-order valence-corrected chi connectivity index (χ4v) is 3.57. The number of rotatable bonds is 4. The molecule has 1 aliphatic rings. The van der Waals surface area contributed by atoms with Crippen LogP contribution >= 0.6 is 0 Å². The largest absolute Gasteiger partial charge is 0.392 e. The van der Waals surface area contributed by atoms with E-state index in [-0.39, 0.29) is 29.8 Å². The number of aliphatic hydroxyl groups excluding tert-OH is 1. The van der Waals surface area contributed by atoms with Crippen LogP contribution in [0.1, 0.15) is 31.0 Å². The van der Waals surface area contributed by atoms with Crippen LogP contribution in [0.3, 0.4) is 0 Å². The first-order chi connectivity index (χ1) is 12.0. The minimum absolute atomic E-state index is 0.0868. The summed E-state index contributed by atoms with van der Waals surface area (Å²) in [6.45, 7) is 5.27. The van der Waals surface area contributed by atoms with Crippen LogP contribution in [0.2, 0.25) is 0 Å². The van der Waals surface area contributed by atoms with Gasteiger partial charge in [0.25, 0.3) is 0 Å². The number of nitrogens with zero attached hydrogens (tertiary/aromatic N) is 1. The predicted octanol–water partition coefficient (Wildman–Crippen LogP) is 3.10. The summed E-state index contributed by atoms with van der Waals surface area (Å²) in [7, 11) is 0. The van der Waals surface area contributed by atoms with Crippen LogP contribution < -0.4 is 5.32 Å². The standard InChI is InChI=1S/C20H24F2N2O/c1-13-12-24(19(11-23-13)14(2)25)20(15-3-7-17(21)8-4-15)16-5-9-18(22)10-6-16/h3-10,13-14,19-20,23,25H,11-12H2,1-2H3/t13-,14?,19-/m0/s1. The van der Waals surface area contributed by atoms with Crippen LogP contribution in [-0.4, -0.2) is 41.3 Å². The molecule has 0 aliphatic carbocycles. The Hall–Kier alpha value is -1.82. The maximum Gasteiger partial charge on any atom is 0.123 e. The molecule has 1 saturated heterocycles. The monoisotopic (exact) mass is 346 g/mol. The van der Waals surface area contributed by atoms with Crippen molar-refractivity contribution >= 4 is 0 Å². The molecule has 0 radical (unpaired) electrons. The maximum absolute atomic E-state index is 13.4. The molecule has 2 aromatic rings. The van der Waals surface area contributed by atoms with Gasteiger partial charge in [-0.1, -0.05) is 24.3 Å². The molecule has 0 spiro atoms. The molecule has 2 N–H and O–H groups in total. The summed E-state index contributed by atoms with van der Waals surface area (Å²) in [4.78, 5) is 2.23. The van der Waals surface area contributed by atoms with Crippen molar-refractivity contribution in [1.82, 2.24) is 10.2 Å². The van der Waals surface area contributed by atoms with Crippen molar-refractivity contribution < 1.29 is 13.9 Å². The second-order valence-corrected chi connectivity index (χ2v) is 6.82. The normalized spacial score (nSPS) is 23.0. The summed E-state index contributed by atoms with van der Waals surface area (Å²) in [5.41, 5.74) is 1.85. The van der Waals surface area contributed by atoms with Crippen LogP contribution in [0.25, 0.3) is 0 Å². The maximum atomic E-state index is 13.4. The molecule has 0 aromatic heterocycles. The lowest BCUT2D eigenvalue weighted by molar-refractivity contribution is 0.0160. The van der Waals surface area contributed by atoms with Gasteiger partial charge in [0.1, 0.15) is 11.6 Å². The van der Waals surface area contributed by atoms with Crippen LogP contribution in [0.5, 0.6) is 0 Å². The van der Waals surface area contributed by atoms with E-state index in [1.807, 2.05) is 0 Å². The molecule has 5 heteroatoms. The highest BCUT2D eigenvalue weighted by Gasteiger charge is 2.35. The number of nitrogens with one attached hydrogen (secondary N) is 1. The van der Waals surface area contributed by atoms with Gasteiger partial charge in [-0.15, -0.1) is 0 Å². The number of halogens is 2. The molecule has 3 rings (SSSR count). The molecule has 1 aliphatic heterocycles. The Morgan fingerprint density at radius 1 is 1.00 bits per heavy atom. The number of hydrogen-bond acceptors (Lipinski definition) is 3. The van der Waals surface area contributed by atoms with E-state index in [1.165, 1.54) is 24.3 Å². The van der Waals surface area contributed by atoms with Crippen LogP contribution in [0, 0.1) is 11.6 Å². The third kappa shape index (κ3) is 4.06. The second kappa shape index (κ2) is 7.60. The highest BCUT2D eigenvalue weighted by atomic mass is 19.1. The van der Waals surface area contributed by atoms with Gasteiger partial charge in [0.05, 0.1) is 12.1 Å². The lowest BCUT2D eigenvalue weighted by atomic mass is 9.92. The number of aliphatic hydroxyl groups is 1. The Labute approximate surface area is 147 Å². The second-order valence-electron chi connectivity index (χ2n) is 6.82. The predicted molar refractivity (Wildman–Crippen MR) is 94.3 cm³/mol. The summed E-state index contributed by atoms with van der Waals surface area (Å²) in [5.74, 6) is -0.579. The lowest BCUT2D eigenvalue weighted by Crippen LogP contribution is -2.60. The van der Waals surface area contributed by atoms with E-state index in [0.717, 1.165) is 17.7 Å². The summed E-state index contributed by atoms with van der Waals surface area (Å²) >= 11 is 0. The molecule has 3 atom stereocenters. The van der Waals surface area contributed by atoms with E-state index < -0.39 is 6.10 Å². The molecule has 134 valence electrons. The molecule has 0 bridgehead atoms. The smallest absolute Gasteiger partial charge is 0.123 e. The van der Waals surface area contributed by atoms with Crippen molar-refractivity contribution in [3.8, 4) is 0 Å². The highest BCUT2D eigenvalue weighted by Crippen LogP contribution is 2.32. The third-order valence-electron chi connectivity index (χ3n) is 4.85. The van der Waals surface area contributed by atoms with Crippen molar-refractivity contribution in [2.45, 2.75) is 38.1 Å². The Kier molecular flexibility index (Phi) is 5.47. The molecule has 0 amide bonds. The third-order valence-corrected chi connectivity index (χ3v) is 4.85. The first kappa shape index (κ1) is 18.0. The van der Waals surface area contributed by atoms with Crippen molar-refractivity contribution in [2.75, 3.05) is 13.1 Å².